The van der Waals surface area contributed by atoms with Crippen LogP contribution in [0.1, 0.15) is 59.6 Å². The molecule has 3 aromatic rings. The van der Waals surface area contributed by atoms with Crippen LogP contribution in [0.25, 0.3) is 11.1 Å². The van der Waals surface area contributed by atoms with E-state index in [1.54, 1.807) is 0 Å². The molecular formula is C31H34O6. The Morgan fingerprint density at radius 2 is 1.84 bits per heavy atom. The molecular weight excluding hydrogens is 468 g/mol. The Bertz CT molecular complexity index is 1270. The summed E-state index contributed by atoms with van der Waals surface area (Å²) in [5, 5.41) is 9.15. The summed E-state index contributed by atoms with van der Waals surface area (Å²) in [6.45, 7) is 8.48. The molecule has 5 rings (SSSR count). The molecule has 1 N–H and O–H groups in total. The third-order valence-corrected chi connectivity index (χ3v) is 7.26. The first-order valence-corrected chi connectivity index (χ1v) is 13.0. The molecule has 2 atom stereocenters. The predicted octanol–water partition coefficient (Wildman–Crippen LogP) is 6.40. The number of fused-ring (bicyclic) bond motifs is 2. The van der Waals surface area contributed by atoms with E-state index in [1.165, 1.54) is 33.4 Å². The van der Waals surface area contributed by atoms with Crippen molar-refractivity contribution in [3.05, 3.63) is 76.3 Å². The summed E-state index contributed by atoms with van der Waals surface area (Å²) in [6.07, 6.45) is 1.89. The highest BCUT2D eigenvalue weighted by atomic mass is 16.5. The molecule has 2 aliphatic rings. The van der Waals surface area contributed by atoms with Crippen LogP contribution in [-0.4, -0.2) is 37.5 Å². The van der Waals surface area contributed by atoms with Gasteiger partial charge in [-0.3, -0.25) is 4.79 Å². The van der Waals surface area contributed by atoms with Gasteiger partial charge in [-0.25, -0.2) is 0 Å². The molecule has 0 aromatic heterocycles. The molecule has 1 aliphatic carbocycles. The van der Waals surface area contributed by atoms with E-state index in [9.17, 15) is 4.79 Å². The van der Waals surface area contributed by atoms with Gasteiger partial charge in [0.2, 0.25) is 0 Å². The van der Waals surface area contributed by atoms with Crippen molar-refractivity contribution in [2.75, 3.05) is 26.4 Å². The normalized spacial score (nSPS) is 17.7. The zero-order valence-electron chi connectivity index (χ0n) is 21.7. The first-order chi connectivity index (χ1) is 17.9. The Labute approximate surface area is 218 Å². The summed E-state index contributed by atoms with van der Waals surface area (Å²) in [6, 6.07) is 16.5. The zero-order valence-corrected chi connectivity index (χ0v) is 21.7. The van der Waals surface area contributed by atoms with Gasteiger partial charge in [0, 0.05) is 24.2 Å². The molecule has 0 radical (unpaired) electrons. The highest BCUT2D eigenvalue weighted by Gasteiger charge is 2.30. The maximum atomic E-state index is 11.1. The van der Waals surface area contributed by atoms with Gasteiger partial charge in [-0.05, 0) is 85.2 Å². The molecule has 0 fully saturated rings. The second-order valence-electron chi connectivity index (χ2n) is 9.80. The molecule has 3 aromatic carbocycles. The highest BCUT2D eigenvalue weighted by Crippen LogP contribution is 2.44. The Balaban J connectivity index is 1.35. The van der Waals surface area contributed by atoms with Gasteiger partial charge in [-0.15, -0.1) is 0 Å². The van der Waals surface area contributed by atoms with Gasteiger partial charge >= 0.3 is 5.97 Å². The van der Waals surface area contributed by atoms with Gasteiger partial charge in [0.1, 0.15) is 30.0 Å². The monoisotopic (exact) mass is 502 g/mol. The maximum absolute atomic E-state index is 11.1. The number of ether oxygens (including phenoxy) is 4. The third kappa shape index (κ3) is 5.30. The van der Waals surface area contributed by atoms with Gasteiger partial charge in [0.15, 0.2) is 0 Å². The minimum absolute atomic E-state index is 0.0361. The van der Waals surface area contributed by atoms with E-state index in [2.05, 4.69) is 44.2 Å². The summed E-state index contributed by atoms with van der Waals surface area (Å²) in [7, 11) is 0. The lowest BCUT2D eigenvalue weighted by molar-refractivity contribution is -0.137. The van der Waals surface area contributed by atoms with Gasteiger partial charge in [-0.2, -0.15) is 0 Å². The van der Waals surface area contributed by atoms with Gasteiger partial charge < -0.3 is 24.1 Å². The van der Waals surface area contributed by atoms with E-state index in [0.29, 0.717) is 26.4 Å². The van der Waals surface area contributed by atoms with Crippen molar-refractivity contribution < 1.29 is 28.8 Å². The minimum Gasteiger partial charge on any atom is -0.492 e. The van der Waals surface area contributed by atoms with Gasteiger partial charge in [0.05, 0.1) is 19.6 Å². The third-order valence-electron chi connectivity index (χ3n) is 7.26. The lowest BCUT2D eigenvalue weighted by atomic mass is 9.90. The average molecular weight is 503 g/mol. The quantitative estimate of drug-likeness (QED) is 0.323. The fourth-order valence-electron chi connectivity index (χ4n) is 5.64. The number of hydrogen-bond donors (Lipinski definition) is 1. The number of carboxylic acids is 1. The molecule has 0 saturated heterocycles. The lowest BCUT2D eigenvalue weighted by Gasteiger charge is -2.18. The number of aliphatic carboxylic acids is 1. The summed E-state index contributed by atoms with van der Waals surface area (Å²) in [4.78, 5) is 11.1. The van der Waals surface area contributed by atoms with E-state index in [4.69, 9.17) is 24.1 Å². The van der Waals surface area contributed by atoms with Crippen molar-refractivity contribution in [3.63, 3.8) is 0 Å². The molecule has 0 bridgehead atoms. The summed E-state index contributed by atoms with van der Waals surface area (Å²) >= 11 is 0. The number of benzene rings is 3. The standard InChI is InChI=1S/C31H34O6/c1-4-34-12-13-35-23-14-19(2)31(20(3)15-23)27-7-5-6-26-25(27)10-11-28(26)37-22-8-9-24-21(16-30(32)33)18-36-29(24)17-22/h5-9,14-15,17,21,28H,4,10-13,16,18H2,1-3H3,(H,32,33)/t21-,28-/m1/s1. The molecule has 194 valence electrons. The van der Waals surface area contributed by atoms with Gasteiger partial charge in [0.25, 0.3) is 0 Å². The second-order valence-corrected chi connectivity index (χ2v) is 9.80. The first kappa shape index (κ1) is 25.2. The summed E-state index contributed by atoms with van der Waals surface area (Å²) in [5.74, 6) is 1.43. The Kier molecular flexibility index (Phi) is 7.38. The average Bonchev–Trinajstić information content (AvgIpc) is 3.45. The number of hydrogen-bond acceptors (Lipinski definition) is 5. The Hall–Kier alpha value is -3.51. The lowest BCUT2D eigenvalue weighted by Crippen LogP contribution is -2.07. The molecule has 37 heavy (non-hydrogen) atoms. The molecule has 0 unspecified atom stereocenters. The van der Waals surface area contributed by atoms with Crippen molar-refractivity contribution >= 4 is 5.97 Å². The van der Waals surface area contributed by atoms with E-state index >= 15 is 0 Å². The number of carbonyl (C=O) groups is 1. The van der Waals surface area contributed by atoms with Crippen molar-refractivity contribution in [3.8, 4) is 28.4 Å². The van der Waals surface area contributed by atoms with Crippen LogP contribution >= 0.6 is 0 Å². The topological polar surface area (TPSA) is 74.2 Å². The van der Waals surface area contributed by atoms with E-state index in [-0.39, 0.29) is 18.4 Å². The number of carboxylic acid groups (broad SMARTS) is 1. The van der Waals surface area contributed by atoms with Crippen LogP contribution in [-0.2, 0) is 16.0 Å². The molecule has 0 saturated carbocycles. The molecule has 1 heterocycles. The molecule has 0 amide bonds. The number of rotatable bonds is 10. The second kappa shape index (κ2) is 10.9. The van der Waals surface area contributed by atoms with E-state index < -0.39 is 5.97 Å². The SMILES string of the molecule is CCOCCOc1cc(C)c(-c2cccc3c2CC[C@H]3Oc2ccc3c(c2)OC[C@H]3CC(=O)O)c(C)c1. The number of aryl methyl sites for hydroxylation is 2. The van der Waals surface area contributed by atoms with E-state index in [0.717, 1.165) is 35.7 Å². The molecule has 1 aliphatic heterocycles. The predicted molar refractivity (Wildman–Crippen MR) is 142 cm³/mol. The molecule has 6 heteroatoms. The van der Waals surface area contributed by atoms with Crippen molar-refractivity contribution in [2.45, 2.75) is 52.1 Å². The van der Waals surface area contributed by atoms with E-state index in [1.807, 2.05) is 25.1 Å². The van der Waals surface area contributed by atoms with Crippen molar-refractivity contribution in [2.24, 2.45) is 0 Å². The fourth-order valence-corrected chi connectivity index (χ4v) is 5.64. The van der Waals surface area contributed by atoms with Crippen LogP contribution < -0.4 is 14.2 Å². The highest BCUT2D eigenvalue weighted by molar-refractivity contribution is 5.76. The van der Waals surface area contributed by atoms with Crippen LogP contribution in [0.5, 0.6) is 17.2 Å². The molecule has 6 nitrogen and oxygen atoms in total. The summed E-state index contributed by atoms with van der Waals surface area (Å²) in [5.41, 5.74) is 8.39. The Morgan fingerprint density at radius 3 is 2.59 bits per heavy atom. The Morgan fingerprint density at radius 1 is 1.03 bits per heavy atom. The summed E-state index contributed by atoms with van der Waals surface area (Å²) < 4.78 is 23.5. The van der Waals surface area contributed by atoms with Crippen LogP contribution in [0.4, 0.5) is 0 Å². The van der Waals surface area contributed by atoms with Crippen molar-refractivity contribution in [1.29, 1.82) is 0 Å². The maximum Gasteiger partial charge on any atom is 0.304 e. The zero-order chi connectivity index (χ0) is 25.9. The van der Waals surface area contributed by atoms with Crippen molar-refractivity contribution in [1.82, 2.24) is 0 Å². The van der Waals surface area contributed by atoms with Crippen LogP contribution in [0.2, 0.25) is 0 Å². The van der Waals surface area contributed by atoms with Gasteiger partial charge in [-0.1, -0.05) is 24.3 Å². The fraction of sp³-hybridized carbons (Fsp3) is 0.387. The largest absolute Gasteiger partial charge is 0.492 e. The first-order valence-electron chi connectivity index (χ1n) is 13.0. The van der Waals surface area contributed by atoms with Crippen LogP contribution in [0.3, 0.4) is 0 Å². The smallest absolute Gasteiger partial charge is 0.304 e. The molecule has 0 spiro atoms. The minimum atomic E-state index is -0.811. The van der Waals surface area contributed by atoms with Crippen LogP contribution in [0, 0.1) is 13.8 Å². The van der Waals surface area contributed by atoms with Crippen LogP contribution in [0.15, 0.2) is 48.5 Å².